The number of carbonyl (C=O) groups excluding carboxylic acids is 2. The van der Waals surface area contributed by atoms with Gasteiger partial charge in [0.1, 0.15) is 16.4 Å². The van der Waals surface area contributed by atoms with Crippen LogP contribution in [-0.4, -0.2) is 55.7 Å². The lowest BCUT2D eigenvalue weighted by Gasteiger charge is -2.31. The van der Waals surface area contributed by atoms with Crippen molar-refractivity contribution in [2.45, 2.75) is 23.8 Å². The monoisotopic (exact) mass is 520 g/mol. The topological polar surface area (TPSA) is 117 Å². The summed E-state index contributed by atoms with van der Waals surface area (Å²) in [6, 6.07) is 8.92. The summed E-state index contributed by atoms with van der Waals surface area (Å²) in [5, 5.41) is 13.1. The molecule has 0 saturated carbocycles. The average molecular weight is 521 g/mol. The number of hydrogen-bond donors (Lipinski definition) is 2. The van der Waals surface area contributed by atoms with Crippen molar-refractivity contribution in [1.82, 2.24) is 25.1 Å². The molecule has 0 spiro atoms. The molecule has 5 rings (SSSR count). The Labute approximate surface area is 216 Å². The zero-order valence-electron chi connectivity index (χ0n) is 19.3. The van der Waals surface area contributed by atoms with Gasteiger partial charge in [0.05, 0.1) is 16.8 Å². The molecule has 0 atom stereocenters. The van der Waals surface area contributed by atoms with Crippen LogP contribution in [0, 0.1) is 0 Å². The third-order valence-corrected chi connectivity index (χ3v) is 7.84. The predicted molar refractivity (Wildman–Crippen MR) is 139 cm³/mol. The van der Waals surface area contributed by atoms with Gasteiger partial charge >= 0.3 is 0 Å². The molecule has 2 amide bonds. The lowest BCUT2D eigenvalue weighted by Crippen LogP contribution is -2.38. The summed E-state index contributed by atoms with van der Waals surface area (Å²) in [7, 11) is 0. The second-order valence-corrected chi connectivity index (χ2v) is 10.1. The fourth-order valence-electron chi connectivity index (χ4n) is 4.01. The van der Waals surface area contributed by atoms with Crippen LogP contribution in [-0.2, 0) is 0 Å². The number of carbonyl (C=O) groups is 2. The number of furan rings is 1. The SMILES string of the molecule is C=CCSc1ncccc1C(=O)N1CCC(c2nc(C(=O)Nc3cc(-c4ccco4)[nH]n3)cs2)CC1. The van der Waals surface area contributed by atoms with Crippen molar-refractivity contribution in [2.24, 2.45) is 0 Å². The van der Waals surface area contributed by atoms with Gasteiger partial charge in [0.25, 0.3) is 11.8 Å². The molecule has 0 bridgehead atoms. The Morgan fingerprint density at radius 1 is 1.31 bits per heavy atom. The highest BCUT2D eigenvalue weighted by Crippen LogP contribution is 2.32. The molecule has 9 nitrogen and oxygen atoms in total. The van der Waals surface area contributed by atoms with Gasteiger partial charge in [0.15, 0.2) is 11.6 Å². The first kappa shape index (κ1) is 24.0. The number of aromatic amines is 1. The first-order valence-electron chi connectivity index (χ1n) is 11.5. The van der Waals surface area contributed by atoms with E-state index in [-0.39, 0.29) is 17.7 Å². The number of aromatic nitrogens is 4. The number of anilines is 1. The maximum Gasteiger partial charge on any atom is 0.276 e. The maximum atomic E-state index is 13.1. The quantitative estimate of drug-likeness (QED) is 0.246. The molecule has 11 heteroatoms. The number of hydrogen-bond acceptors (Lipinski definition) is 8. The lowest BCUT2D eigenvalue weighted by molar-refractivity contribution is 0.0708. The second kappa shape index (κ2) is 10.9. The summed E-state index contributed by atoms with van der Waals surface area (Å²) >= 11 is 2.98. The summed E-state index contributed by atoms with van der Waals surface area (Å²) < 4.78 is 5.33. The third kappa shape index (κ3) is 5.26. The standard InChI is InChI=1S/C25H24N6O3S2/c1-2-13-35-24-17(5-3-9-26-24)25(33)31-10-7-16(8-11-31)23-27-19(15-36-23)22(32)28-21-14-18(29-30-21)20-6-4-12-34-20/h2-6,9,12,14-16H,1,7-8,10-11,13H2,(H2,28,29,30,32). The van der Waals surface area contributed by atoms with Gasteiger partial charge in [0, 0.05) is 42.4 Å². The van der Waals surface area contributed by atoms with Crippen molar-refractivity contribution in [3.8, 4) is 11.5 Å². The summed E-state index contributed by atoms with van der Waals surface area (Å²) in [5.41, 5.74) is 1.66. The second-order valence-electron chi connectivity index (χ2n) is 8.19. The van der Waals surface area contributed by atoms with Gasteiger partial charge in [-0.1, -0.05) is 6.08 Å². The molecule has 5 heterocycles. The van der Waals surface area contributed by atoms with Gasteiger partial charge in [-0.25, -0.2) is 9.97 Å². The summed E-state index contributed by atoms with van der Waals surface area (Å²) in [4.78, 5) is 36.7. The number of thioether (sulfide) groups is 1. The number of H-pyrrole nitrogens is 1. The summed E-state index contributed by atoms with van der Waals surface area (Å²) in [6.07, 6.45) is 6.66. The fourth-order valence-corrected chi connectivity index (χ4v) is 5.70. The molecule has 0 aliphatic carbocycles. The predicted octanol–water partition coefficient (Wildman–Crippen LogP) is 5.07. The van der Waals surface area contributed by atoms with Crippen LogP contribution in [0.1, 0.15) is 44.6 Å². The molecule has 0 aromatic carbocycles. The van der Waals surface area contributed by atoms with E-state index in [2.05, 4.69) is 32.1 Å². The van der Waals surface area contributed by atoms with Gasteiger partial charge in [-0.3, -0.25) is 14.7 Å². The van der Waals surface area contributed by atoms with E-state index in [0.717, 1.165) is 22.9 Å². The average Bonchev–Trinajstić information content (AvgIpc) is 3.69. The minimum Gasteiger partial charge on any atom is -0.463 e. The van der Waals surface area contributed by atoms with Crippen LogP contribution in [0.2, 0.25) is 0 Å². The molecule has 184 valence electrons. The molecule has 1 aliphatic rings. The van der Waals surface area contributed by atoms with Crippen LogP contribution in [0.25, 0.3) is 11.5 Å². The number of piperidine rings is 1. The van der Waals surface area contributed by atoms with Crippen LogP contribution >= 0.6 is 23.1 Å². The van der Waals surface area contributed by atoms with E-state index in [1.165, 1.54) is 23.1 Å². The molecule has 4 aromatic heterocycles. The molecule has 4 aromatic rings. The number of rotatable bonds is 8. The number of nitrogens with one attached hydrogen (secondary N) is 2. The number of pyridine rings is 1. The zero-order valence-corrected chi connectivity index (χ0v) is 21.0. The molecular weight excluding hydrogens is 496 g/mol. The number of amides is 2. The fraction of sp³-hybridized carbons (Fsp3) is 0.240. The van der Waals surface area contributed by atoms with Crippen LogP contribution in [0.3, 0.4) is 0 Å². The molecule has 1 fully saturated rings. The Hall–Kier alpha value is -3.70. The first-order valence-corrected chi connectivity index (χ1v) is 13.3. The highest BCUT2D eigenvalue weighted by molar-refractivity contribution is 7.99. The van der Waals surface area contributed by atoms with Crippen molar-refractivity contribution < 1.29 is 14.0 Å². The first-order chi connectivity index (χ1) is 17.6. The van der Waals surface area contributed by atoms with E-state index in [4.69, 9.17) is 4.42 Å². The molecule has 0 radical (unpaired) electrons. The molecular formula is C25H24N6O3S2. The highest BCUT2D eigenvalue weighted by Gasteiger charge is 2.28. The molecule has 1 aliphatic heterocycles. The van der Waals surface area contributed by atoms with E-state index in [1.807, 2.05) is 17.0 Å². The van der Waals surface area contributed by atoms with Gasteiger partial charge in [-0.15, -0.1) is 29.7 Å². The smallest absolute Gasteiger partial charge is 0.276 e. The normalized spacial score (nSPS) is 14.1. The van der Waals surface area contributed by atoms with Gasteiger partial charge in [-0.05, 0) is 37.1 Å². The minimum atomic E-state index is -0.316. The number of thiazole rings is 1. The van der Waals surface area contributed by atoms with E-state index in [9.17, 15) is 9.59 Å². The van der Waals surface area contributed by atoms with Crippen LogP contribution in [0.5, 0.6) is 0 Å². The molecule has 2 N–H and O–H groups in total. The Bertz CT molecular complexity index is 1360. The zero-order chi connectivity index (χ0) is 24.9. The molecule has 36 heavy (non-hydrogen) atoms. The largest absolute Gasteiger partial charge is 0.463 e. The Morgan fingerprint density at radius 3 is 2.94 bits per heavy atom. The van der Waals surface area contributed by atoms with Gasteiger partial charge in [0.2, 0.25) is 0 Å². The van der Waals surface area contributed by atoms with Crippen molar-refractivity contribution >= 4 is 40.7 Å². The molecule has 1 saturated heterocycles. The van der Waals surface area contributed by atoms with E-state index >= 15 is 0 Å². The third-order valence-electron chi connectivity index (χ3n) is 5.83. The number of likely N-dealkylation sites (tertiary alicyclic amines) is 1. The minimum absolute atomic E-state index is 0.000220. The van der Waals surface area contributed by atoms with Crippen LogP contribution in [0.15, 0.2) is 70.3 Å². The lowest BCUT2D eigenvalue weighted by atomic mass is 9.97. The van der Waals surface area contributed by atoms with Gasteiger partial charge < -0.3 is 14.6 Å². The Morgan fingerprint density at radius 2 is 2.17 bits per heavy atom. The Kier molecular flexibility index (Phi) is 7.28. The van der Waals surface area contributed by atoms with E-state index < -0.39 is 0 Å². The summed E-state index contributed by atoms with van der Waals surface area (Å²) in [5.74, 6) is 1.63. The van der Waals surface area contributed by atoms with Crippen LogP contribution in [0.4, 0.5) is 5.82 Å². The highest BCUT2D eigenvalue weighted by atomic mass is 32.2. The Balaban J connectivity index is 1.18. The maximum absolute atomic E-state index is 13.1. The van der Waals surface area contributed by atoms with Crippen molar-refractivity contribution in [2.75, 3.05) is 24.2 Å². The van der Waals surface area contributed by atoms with Crippen LogP contribution < -0.4 is 5.32 Å². The van der Waals surface area contributed by atoms with Crippen molar-refractivity contribution in [1.29, 1.82) is 0 Å². The number of nitrogens with zero attached hydrogens (tertiary/aromatic N) is 4. The van der Waals surface area contributed by atoms with E-state index in [1.54, 1.807) is 42.1 Å². The summed E-state index contributed by atoms with van der Waals surface area (Å²) in [6.45, 7) is 5.00. The van der Waals surface area contributed by atoms with Crippen molar-refractivity contribution in [3.63, 3.8) is 0 Å². The van der Waals surface area contributed by atoms with Gasteiger partial charge in [-0.2, -0.15) is 5.10 Å². The molecule has 0 unspecified atom stereocenters. The van der Waals surface area contributed by atoms with E-state index in [0.29, 0.717) is 47.4 Å². The van der Waals surface area contributed by atoms with Crippen molar-refractivity contribution in [3.05, 3.63) is 77.1 Å².